The first-order chi connectivity index (χ1) is 17.7. The second-order valence-electron chi connectivity index (χ2n) is 9.79. The summed E-state index contributed by atoms with van der Waals surface area (Å²) in [7, 11) is 1.57. The van der Waals surface area contributed by atoms with Crippen LogP contribution in [0.4, 0.5) is 17.6 Å². The number of fused-ring (bicyclic) bond motifs is 1. The highest BCUT2D eigenvalue weighted by molar-refractivity contribution is 5.84. The summed E-state index contributed by atoms with van der Waals surface area (Å²) in [6.45, 7) is 3.88. The van der Waals surface area contributed by atoms with Gasteiger partial charge < -0.3 is 14.6 Å². The molecule has 0 spiro atoms. The van der Waals surface area contributed by atoms with Gasteiger partial charge in [-0.15, -0.1) is 0 Å². The molecule has 2 aromatic carbocycles. The second kappa shape index (κ2) is 11.6. The third-order valence-electron chi connectivity index (χ3n) is 7.44. The van der Waals surface area contributed by atoms with Crippen molar-refractivity contribution in [3.63, 3.8) is 0 Å². The first-order valence-corrected chi connectivity index (χ1v) is 12.4. The number of nitrogens with zero attached hydrogens (tertiary/aromatic N) is 2. The second-order valence-corrected chi connectivity index (χ2v) is 9.79. The van der Waals surface area contributed by atoms with E-state index in [1.54, 1.807) is 19.4 Å². The van der Waals surface area contributed by atoms with Crippen molar-refractivity contribution < 1.29 is 32.1 Å². The maximum absolute atomic E-state index is 15.7. The van der Waals surface area contributed by atoms with E-state index in [9.17, 15) is 18.3 Å². The number of hydrogen-bond donors (Lipinski definition) is 1. The number of hydrogen-bond acceptors (Lipinski definition) is 5. The van der Waals surface area contributed by atoms with Gasteiger partial charge in [0.25, 0.3) is 0 Å². The molecule has 4 rings (SSSR count). The number of aliphatic hydroxyl groups is 1. The van der Waals surface area contributed by atoms with Crippen molar-refractivity contribution in [1.82, 2.24) is 9.88 Å². The number of alkyl halides is 1. The number of halogens is 4. The average Bonchev–Trinajstić information content (AvgIpc) is 2.90. The smallest absolute Gasteiger partial charge is 0.194 e. The van der Waals surface area contributed by atoms with E-state index < -0.39 is 23.6 Å². The Morgan fingerprint density at radius 3 is 2.43 bits per heavy atom. The van der Waals surface area contributed by atoms with Crippen LogP contribution in [0.2, 0.25) is 0 Å². The number of aryl methyl sites for hydroxylation is 1. The molecule has 9 heteroatoms. The largest absolute Gasteiger partial charge is 0.497 e. The van der Waals surface area contributed by atoms with E-state index in [0.29, 0.717) is 55.7 Å². The minimum atomic E-state index is -1.52. The summed E-state index contributed by atoms with van der Waals surface area (Å²) in [4.78, 5) is 6.54. The first-order valence-electron chi connectivity index (χ1n) is 12.4. The Hall–Kier alpha value is -2.91. The van der Waals surface area contributed by atoms with Gasteiger partial charge in [0.2, 0.25) is 0 Å². The van der Waals surface area contributed by atoms with Crippen LogP contribution in [-0.2, 0) is 0 Å². The molecule has 37 heavy (non-hydrogen) atoms. The molecule has 2 heterocycles. The van der Waals surface area contributed by atoms with Crippen molar-refractivity contribution in [2.75, 3.05) is 40.0 Å². The number of likely N-dealkylation sites (tertiary alicyclic amines) is 1. The fourth-order valence-electron chi connectivity index (χ4n) is 5.06. The summed E-state index contributed by atoms with van der Waals surface area (Å²) in [5, 5.41) is 10.9. The third-order valence-corrected chi connectivity index (χ3v) is 7.44. The van der Waals surface area contributed by atoms with Gasteiger partial charge in [-0.3, -0.25) is 9.88 Å². The Morgan fingerprint density at radius 2 is 1.78 bits per heavy atom. The summed E-state index contributed by atoms with van der Waals surface area (Å²) >= 11 is 0. The van der Waals surface area contributed by atoms with Crippen molar-refractivity contribution in [2.24, 2.45) is 5.41 Å². The van der Waals surface area contributed by atoms with Crippen molar-refractivity contribution in [3.05, 3.63) is 65.1 Å². The van der Waals surface area contributed by atoms with E-state index in [-0.39, 0.29) is 30.8 Å². The third kappa shape index (κ3) is 6.15. The quantitative estimate of drug-likeness (QED) is 0.266. The molecule has 0 saturated carbocycles. The van der Waals surface area contributed by atoms with Gasteiger partial charge in [-0.2, -0.15) is 0 Å². The van der Waals surface area contributed by atoms with Crippen LogP contribution in [0.15, 0.2) is 36.5 Å². The predicted octanol–water partition coefficient (Wildman–Crippen LogP) is 5.91. The van der Waals surface area contributed by atoms with Crippen LogP contribution in [0.1, 0.15) is 43.0 Å². The minimum Gasteiger partial charge on any atom is -0.497 e. The van der Waals surface area contributed by atoms with Crippen LogP contribution in [0.5, 0.6) is 11.5 Å². The van der Waals surface area contributed by atoms with Crippen LogP contribution < -0.4 is 9.47 Å². The highest BCUT2D eigenvalue weighted by atomic mass is 19.2. The number of rotatable bonds is 10. The lowest BCUT2D eigenvalue weighted by Gasteiger charge is -2.41. The molecule has 1 atom stereocenters. The zero-order valence-electron chi connectivity index (χ0n) is 21.1. The summed E-state index contributed by atoms with van der Waals surface area (Å²) < 4.78 is 66.2. The lowest BCUT2D eigenvalue weighted by molar-refractivity contribution is 0.0265. The van der Waals surface area contributed by atoms with Crippen molar-refractivity contribution in [1.29, 1.82) is 0 Å². The minimum absolute atomic E-state index is 0.0257. The average molecular weight is 521 g/mol. The number of methoxy groups -OCH3 is 1. The molecule has 1 N–H and O–H groups in total. The van der Waals surface area contributed by atoms with Gasteiger partial charge in [0.15, 0.2) is 17.5 Å². The highest BCUT2D eigenvalue weighted by Gasteiger charge is 2.35. The van der Waals surface area contributed by atoms with E-state index in [1.807, 2.05) is 19.1 Å². The summed E-state index contributed by atoms with van der Waals surface area (Å²) in [5.74, 6) is -3.52. The molecule has 1 aliphatic heterocycles. The molecule has 0 radical (unpaired) electrons. The number of aromatic nitrogens is 1. The zero-order chi connectivity index (χ0) is 26.6. The zero-order valence-corrected chi connectivity index (χ0v) is 21.1. The lowest BCUT2D eigenvalue weighted by Crippen LogP contribution is -2.43. The Labute approximate surface area is 214 Å². The first kappa shape index (κ1) is 27.1. The summed E-state index contributed by atoms with van der Waals surface area (Å²) in [5.41, 5.74) is 1.73. The van der Waals surface area contributed by atoms with Gasteiger partial charge >= 0.3 is 0 Å². The molecule has 1 aromatic heterocycles. The molecule has 0 bridgehead atoms. The topological polar surface area (TPSA) is 54.8 Å². The lowest BCUT2D eigenvalue weighted by atomic mass is 9.74. The molecule has 0 amide bonds. The van der Waals surface area contributed by atoms with Crippen molar-refractivity contribution >= 4 is 10.9 Å². The van der Waals surface area contributed by atoms with Gasteiger partial charge in [-0.05, 0) is 80.4 Å². The van der Waals surface area contributed by atoms with Crippen molar-refractivity contribution in [2.45, 2.75) is 38.8 Å². The van der Waals surface area contributed by atoms with Crippen LogP contribution in [0.3, 0.4) is 0 Å². The van der Waals surface area contributed by atoms with Gasteiger partial charge in [0, 0.05) is 36.9 Å². The summed E-state index contributed by atoms with van der Waals surface area (Å²) in [6.07, 6.45) is 2.69. The highest BCUT2D eigenvalue weighted by Crippen LogP contribution is 2.41. The Bertz CT molecular complexity index is 1210. The molecule has 1 saturated heterocycles. The van der Waals surface area contributed by atoms with Crippen LogP contribution >= 0.6 is 0 Å². The predicted molar refractivity (Wildman–Crippen MR) is 133 cm³/mol. The molecule has 1 fully saturated rings. The number of ether oxygens (including phenoxy) is 2. The van der Waals surface area contributed by atoms with E-state index in [4.69, 9.17) is 9.47 Å². The maximum atomic E-state index is 15.7. The molecule has 3 aromatic rings. The fourth-order valence-corrected chi connectivity index (χ4v) is 5.06. The van der Waals surface area contributed by atoms with E-state index in [1.165, 1.54) is 0 Å². The maximum Gasteiger partial charge on any atom is 0.194 e. The van der Waals surface area contributed by atoms with E-state index in [0.717, 1.165) is 23.1 Å². The van der Waals surface area contributed by atoms with Crippen molar-refractivity contribution in [3.8, 4) is 11.5 Å². The molecular weight excluding hydrogens is 488 g/mol. The fraction of sp³-hybridized carbons (Fsp3) is 0.464. The van der Waals surface area contributed by atoms with Crippen LogP contribution in [0.25, 0.3) is 10.9 Å². The Morgan fingerprint density at radius 1 is 1.08 bits per heavy atom. The SMILES string of the molecule is COc1ccc2ncc(C)c(C(F)CCC3(CO)CCN(CCOc4cc(F)c(F)c(F)c4)CC3)c2c1. The molecule has 200 valence electrons. The number of pyridine rings is 1. The monoisotopic (exact) mass is 520 g/mol. The Kier molecular flexibility index (Phi) is 8.54. The van der Waals surface area contributed by atoms with Gasteiger partial charge in [-0.1, -0.05) is 0 Å². The number of benzene rings is 2. The molecule has 5 nitrogen and oxygen atoms in total. The molecular formula is C28H32F4N2O3. The summed E-state index contributed by atoms with van der Waals surface area (Å²) in [6, 6.07) is 7.08. The van der Waals surface area contributed by atoms with E-state index >= 15 is 4.39 Å². The normalized spacial score (nSPS) is 16.6. The van der Waals surface area contributed by atoms with Crippen LogP contribution in [-0.4, -0.2) is 54.9 Å². The molecule has 1 unspecified atom stereocenters. The van der Waals surface area contributed by atoms with Gasteiger partial charge in [0.05, 0.1) is 12.6 Å². The van der Waals surface area contributed by atoms with E-state index in [2.05, 4.69) is 9.88 Å². The van der Waals surface area contributed by atoms with Gasteiger partial charge in [-0.25, -0.2) is 17.6 Å². The number of aliphatic hydroxyl groups excluding tert-OH is 1. The van der Waals surface area contributed by atoms with Gasteiger partial charge in [0.1, 0.15) is 24.3 Å². The molecule has 1 aliphatic rings. The standard InChI is InChI=1S/C28H32F4N2O3/c1-18-16-33-25-4-3-19(36-2)13-21(25)26(18)22(29)5-6-28(17-35)7-9-34(10-8-28)11-12-37-20-14-23(30)27(32)24(31)15-20/h3-4,13-16,22,35H,5-12,17H2,1-2H3. The number of piperidine rings is 1. The Balaban J connectivity index is 1.32. The van der Waals surface area contributed by atoms with Crippen LogP contribution in [0, 0.1) is 29.8 Å². The molecule has 0 aliphatic carbocycles.